The van der Waals surface area contributed by atoms with E-state index in [2.05, 4.69) is 39.0 Å². The summed E-state index contributed by atoms with van der Waals surface area (Å²) in [7, 11) is 0. The van der Waals surface area contributed by atoms with Crippen LogP contribution in [0.1, 0.15) is 42.9 Å². The van der Waals surface area contributed by atoms with Crippen molar-refractivity contribution in [1.82, 2.24) is 0 Å². The number of hydrogen-bond acceptors (Lipinski definition) is 2. The maximum absolute atomic E-state index is 6.82. The molecule has 1 unspecified atom stereocenters. The molecule has 0 spiro atoms. The minimum atomic E-state index is -0.00352. The summed E-state index contributed by atoms with van der Waals surface area (Å²) in [6.07, 6.45) is 1.21. The van der Waals surface area contributed by atoms with E-state index in [9.17, 15) is 0 Å². The van der Waals surface area contributed by atoms with E-state index in [1.165, 1.54) is 44.9 Å². The topological polar surface area (TPSA) is 0 Å². The normalized spacial score (nSPS) is 16.0. The number of benzene rings is 1. The zero-order chi connectivity index (χ0) is 14.3. The first-order chi connectivity index (χ1) is 9.56. The van der Waals surface area contributed by atoms with Crippen molar-refractivity contribution in [2.75, 3.05) is 5.75 Å². The van der Waals surface area contributed by atoms with Crippen LogP contribution >= 0.6 is 34.7 Å². The summed E-state index contributed by atoms with van der Waals surface area (Å²) in [5.74, 6) is 2.41. The van der Waals surface area contributed by atoms with Crippen molar-refractivity contribution in [3.05, 3.63) is 55.8 Å². The van der Waals surface area contributed by atoms with Gasteiger partial charge in [0.25, 0.3) is 0 Å². The highest BCUT2D eigenvalue weighted by Gasteiger charge is 2.21. The summed E-state index contributed by atoms with van der Waals surface area (Å²) < 4.78 is 0. The molecule has 1 aromatic heterocycles. The Balaban J connectivity index is 2.00. The SMILES string of the molecule is Cc1cc(C)c(C(Cl)c2cc3c(s2)CCSC3)c(C)c1. The van der Waals surface area contributed by atoms with Gasteiger partial charge in [0.2, 0.25) is 0 Å². The van der Waals surface area contributed by atoms with Crippen LogP contribution in [0, 0.1) is 20.8 Å². The molecule has 3 heteroatoms. The van der Waals surface area contributed by atoms with Crippen molar-refractivity contribution >= 4 is 34.7 Å². The van der Waals surface area contributed by atoms with Gasteiger partial charge < -0.3 is 0 Å². The molecule has 20 heavy (non-hydrogen) atoms. The highest BCUT2D eigenvalue weighted by atomic mass is 35.5. The lowest BCUT2D eigenvalue weighted by molar-refractivity contribution is 1.09. The van der Waals surface area contributed by atoms with Gasteiger partial charge in [0.15, 0.2) is 0 Å². The monoisotopic (exact) mass is 322 g/mol. The van der Waals surface area contributed by atoms with E-state index >= 15 is 0 Å². The molecule has 1 aliphatic heterocycles. The smallest absolute Gasteiger partial charge is 0.0933 e. The second-order valence-corrected chi connectivity index (χ2v) is 8.28. The molecule has 3 rings (SSSR count). The minimum Gasteiger partial charge on any atom is -0.157 e. The van der Waals surface area contributed by atoms with Gasteiger partial charge in [-0.3, -0.25) is 0 Å². The van der Waals surface area contributed by atoms with Gasteiger partial charge in [-0.05, 0) is 61.3 Å². The lowest BCUT2D eigenvalue weighted by atomic mass is 9.96. The Labute approximate surface area is 134 Å². The van der Waals surface area contributed by atoms with Crippen molar-refractivity contribution in [3.8, 4) is 0 Å². The maximum atomic E-state index is 6.82. The molecular formula is C17H19ClS2. The van der Waals surface area contributed by atoms with Crippen LogP contribution in [-0.2, 0) is 12.2 Å². The summed E-state index contributed by atoms with van der Waals surface area (Å²) in [5.41, 5.74) is 6.74. The molecule has 0 saturated carbocycles. The predicted molar refractivity (Wildman–Crippen MR) is 92.5 cm³/mol. The summed E-state index contributed by atoms with van der Waals surface area (Å²) in [5, 5.41) is -0.00352. The molecule has 0 N–H and O–H groups in total. The van der Waals surface area contributed by atoms with Crippen LogP contribution in [0.15, 0.2) is 18.2 Å². The zero-order valence-electron chi connectivity index (χ0n) is 12.1. The van der Waals surface area contributed by atoms with Crippen LogP contribution in [0.25, 0.3) is 0 Å². The fraction of sp³-hybridized carbons (Fsp3) is 0.412. The van der Waals surface area contributed by atoms with E-state index < -0.39 is 0 Å². The maximum Gasteiger partial charge on any atom is 0.0933 e. The zero-order valence-corrected chi connectivity index (χ0v) is 14.5. The number of thioether (sulfide) groups is 1. The van der Waals surface area contributed by atoms with Gasteiger partial charge in [0.05, 0.1) is 5.38 Å². The van der Waals surface area contributed by atoms with E-state index in [1.807, 2.05) is 23.1 Å². The molecule has 0 aliphatic carbocycles. The number of aryl methyl sites for hydroxylation is 4. The van der Waals surface area contributed by atoms with Gasteiger partial charge in [-0.15, -0.1) is 22.9 Å². The molecule has 0 amide bonds. The van der Waals surface area contributed by atoms with E-state index in [-0.39, 0.29) is 5.38 Å². The third-order valence-electron chi connectivity index (χ3n) is 3.89. The molecule has 2 heterocycles. The number of rotatable bonds is 2. The Hall–Kier alpha value is -0.440. The summed E-state index contributed by atoms with van der Waals surface area (Å²) in [6, 6.07) is 6.81. The number of fused-ring (bicyclic) bond motifs is 1. The van der Waals surface area contributed by atoms with E-state index in [0.717, 1.165) is 5.75 Å². The molecule has 0 radical (unpaired) electrons. The predicted octanol–water partition coefficient (Wildman–Crippen LogP) is 5.79. The summed E-state index contributed by atoms with van der Waals surface area (Å²) in [4.78, 5) is 2.86. The Morgan fingerprint density at radius 3 is 2.45 bits per heavy atom. The van der Waals surface area contributed by atoms with Gasteiger partial charge in [-0.25, -0.2) is 0 Å². The van der Waals surface area contributed by atoms with Gasteiger partial charge in [0, 0.05) is 15.5 Å². The Morgan fingerprint density at radius 2 is 1.80 bits per heavy atom. The Kier molecular flexibility index (Phi) is 4.16. The second kappa shape index (κ2) is 5.75. The molecule has 0 nitrogen and oxygen atoms in total. The average Bonchev–Trinajstić information content (AvgIpc) is 2.81. The van der Waals surface area contributed by atoms with E-state index in [0.29, 0.717) is 0 Å². The largest absolute Gasteiger partial charge is 0.157 e. The molecule has 0 fully saturated rings. The van der Waals surface area contributed by atoms with Crippen molar-refractivity contribution < 1.29 is 0 Å². The molecular weight excluding hydrogens is 304 g/mol. The van der Waals surface area contributed by atoms with Crippen LogP contribution in [0.2, 0.25) is 0 Å². The van der Waals surface area contributed by atoms with Crippen LogP contribution in [0.3, 0.4) is 0 Å². The van der Waals surface area contributed by atoms with Crippen molar-refractivity contribution in [2.24, 2.45) is 0 Å². The van der Waals surface area contributed by atoms with E-state index in [4.69, 9.17) is 11.6 Å². The van der Waals surface area contributed by atoms with Crippen LogP contribution in [0.4, 0.5) is 0 Å². The van der Waals surface area contributed by atoms with Crippen molar-refractivity contribution in [1.29, 1.82) is 0 Å². The van der Waals surface area contributed by atoms with Crippen molar-refractivity contribution in [2.45, 2.75) is 38.3 Å². The average molecular weight is 323 g/mol. The fourth-order valence-electron chi connectivity index (χ4n) is 3.03. The van der Waals surface area contributed by atoms with Crippen LogP contribution in [0.5, 0.6) is 0 Å². The Morgan fingerprint density at radius 1 is 1.10 bits per heavy atom. The van der Waals surface area contributed by atoms with Crippen LogP contribution in [-0.4, -0.2) is 5.75 Å². The molecule has 106 valence electrons. The fourth-order valence-corrected chi connectivity index (χ4v) is 5.93. The lowest BCUT2D eigenvalue weighted by Crippen LogP contribution is -1.99. The number of alkyl halides is 1. The van der Waals surface area contributed by atoms with Gasteiger partial charge in [-0.1, -0.05) is 17.7 Å². The van der Waals surface area contributed by atoms with Gasteiger partial charge >= 0.3 is 0 Å². The molecule has 1 atom stereocenters. The quantitative estimate of drug-likeness (QED) is 0.630. The molecule has 0 bridgehead atoms. The highest BCUT2D eigenvalue weighted by Crippen LogP contribution is 2.41. The molecule has 1 aromatic carbocycles. The van der Waals surface area contributed by atoms with E-state index in [1.54, 1.807) is 4.88 Å². The van der Waals surface area contributed by atoms with Gasteiger partial charge in [-0.2, -0.15) is 11.8 Å². The summed E-state index contributed by atoms with van der Waals surface area (Å²) in [6.45, 7) is 6.50. The first-order valence-electron chi connectivity index (χ1n) is 6.97. The number of halogens is 1. The second-order valence-electron chi connectivity index (χ2n) is 5.57. The number of thiophene rings is 1. The number of hydrogen-bond donors (Lipinski definition) is 0. The summed E-state index contributed by atoms with van der Waals surface area (Å²) >= 11 is 10.8. The van der Waals surface area contributed by atoms with Crippen molar-refractivity contribution in [3.63, 3.8) is 0 Å². The molecule has 2 aromatic rings. The molecule has 1 aliphatic rings. The first-order valence-corrected chi connectivity index (χ1v) is 9.38. The van der Waals surface area contributed by atoms with Crippen LogP contribution < -0.4 is 0 Å². The highest BCUT2D eigenvalue weighted by molar-refractivity contribution is 7.98. The third-order valence-corrected chi connectivity index (χ3v) is 6.78. The molecule has 0 saturated heterocycles. The lowest BCUT2D eigenvalue weighted by Gasteiger charge is -2.15. The Bertz CT molecular complexity index is 596. The first kappa shape index (κ1) is 14.5. The third kappa shape index (κ3) is 2.66. The minimum absolute atomic E-state index is 0.00352. The standard InChI is InChI=1S/C17H19ClS2/c1-10-6-11(2)16(12(3)7-10)17(18)15-8-13-9-19-5-4-14(13)20-15/h6-8,17H,4-5,9H2,1-3H3. The van der Waals surface area contributed by atoms with Gasteiger partial charge in [0.1, 0.15) is 0 Å².